The van der Waals surface area contributed by atoms with Crippen LogP contribution in [0.5, 0.6) is 0 Å². The highest BCUT2D eigenvalue weighted by molar-refractivity contribution is 7.18. The van der Waals surface area contributed by atoms with E-state index in [-0.39, 0.29) is 6.04 Å². The minimum absolute atomic E-state index is 0.187. The average Bonchev–Trinajstić information content (AvgIpc) is 2.97. The Labute approximate surface area is 150 Å². The third-order valence-corrected chi connectivity index (χ3v) is 4.75. The van der Waals surface area contributed by atoms with Crippen molar-refractivity contribution >= 4 is 39.8 Å². The molecule has 0 bridgehead atoms. The van der Waals surface area contributed by atoms with Crippen molar-refractivity contribution < 1.29 is 4.79 Å². The number of allylic oxidation sites excluding steroid dienone is 1. The average molecular weight is 350 g/mol. The van der Waals surface area contributed by atoms with Crippen LogP contribution in [0.2, 0.25) is 0 Å². The van der Waals surface area contributed by atoms with Crippen molar-refractivity contribution in [3.05, 3.63) is 77.9 Å². The van der Waals surface area contributed by atoms with E-state index in [1.165, 1.54) is 11.3 Å². The number of rotatable bonds is 6. The Morgan fingerprint density at radius 2 is 2.04 bits per heavy atom. The second kappa shape index (κ2) is 7.19. The fourth-order valence-corrected chi connectivity index (χ4v) is 3.43. The summed E-state index contributed by atoms with van der Waals surface area (Å²) in [7, 11) is 0. The number of thiophene rings is 1. The number of aliphatic imine (C=N–C) groups is 1. The predicted molar refractivity (Wildman–Crippen MR) is 106 cm³/mol. The first-order chi connectivity index (χ1) is 12.2. The van der Waals surface area contributed by atoms with Gasteiger partial charge in [-0.05, 0) is 24.3 Å². The molecule has 2 aromatic rings. The van der Waals surface area contributed by atoms with Gasteiger partial charge in [-0.2, -0.15) is 0 Å². The number of para-hydroxylation sites is 1. The van der Waals surface area contributed by atoms with E-state index >= 15 is 0 Å². The number of amidine groups is 1. The van der Waals surface area contributed by atoms with Gasteiger partial charge < -0.3 is 16.4 Å². The van der Waals surface area contributed by atoms with E-state index in [9.17, 15) is 4.79 Å². The number of carbonyl (C=O) groups is 1. The monoisotopic (exact) mass is 350 g/mol. The van der Waals surface area contributed by atoms with Crippen LogP contribution in [-0.4, -0.2) is 18.2 Å². The van der Waals surface area contributed by atoms with Crippen LogP contribution in [0.15, 0.2) is 72.4 Å². The fraction of sp³-hybridized carbons (Fsp3) is 0.0526. The second-order valence-corrected chi connectivity index (χ2v) is 6.40. The largest absolute Gasteiger partial charge is 0.397 e. The van der Waals surface area contributed by atoms with Crippen molar-refractivity contribution in [1.82, 2.24) is 5.32 Å². The number of nitrogen functional groups attached to an aromatic ring is 1. The Hall–Kier alpha value is -3.12. The number of nitrogens with one attached hydrogen (secondary N) is 2. The maximum Gasteiger partial charge on any atom is 0.162 e. The summed E-state index contributed by atoms with van der Waals surface area (Å²) in [4.78, 5) is 16.4. The summed E-state index contributed by atoms with van der Waals surface area (Å²) in [6.07, 6.45) is 6.12. The number of aldehydes is 1. The van der Waals surface area contributed by atoms with E-state index in [0.717, 1.165) is 22.7 Å². The molecule has 5 nitrogen and oxygen atoms in total. The van der Waals surface area contributed by atoms with Gasteiger partial charge >= 0.3 is 0 Å². The maximum absolute atomic E-state index is 11.4. The van der Waals surface area contributed by atoms with E-state index in [0.29, 0.717) is 22.0 Å². The van der Waals surface area contributed by atoms with Gasteiger partial charge in [0.1, 0.15) is 10.8 Å². The van der Waals surface area contributed by atoms with Gasteiger partial charge in [0.25, 0.3) is 0 Å². The lowest BCUT2D eigenvalue weighted by atomic mass is 10.1. The van der Waals surface area contributed by atoms with Crippen LogP contribution in [0.25, 0.3) is 0 Å². The van der Waals surface area contributed by atoms with Crippen molar-refractivity contribution in [3.8, 4) is 0 Å². The number of hydrogen-bond donors (Lipinski definition) is 3. The van der Waals surface area contributed by atoms with Gasteiger partial charge in [-0.3, -0.25) is 9.79 Å². The first kappa shape index (κ1) is 16.7. The zero-order valence-corrected chi connectivity index (χ0v) is 14.3. The molecule has 0 spiro atoms. The summed E-state index contributed by atoms with van der Waals surface area (Å²) in [6, 6.07) is 9.50. The number of hydrogen-bond acceptors (Lipinski definition) is 6. The Morgan fingerprint density at radius 3 is 2.68 bits per heavy atom. The molecule has 0 fully saturated rings. The molecule has 1 aromatic carbocycles. The van der Waals surface area contributed by atoms with E-state index in [2.05, 4.69) is 28.8 Å². The van der Waals surface area contributed by atoms with Gasteiger partial charge in [-0.15, -0.1) is 17.9 Å². The highest BCUT2D eigenvalue weighted by atomic mass is 32.1. The molecular weight excluding hydrogens is 332 g/mol. The van der Waals surface area contributed by atoms with Gasteiger partial charge in [-0.25, -0.2) is 0 Å². The number of nitrogens with zero attached hydrogens (tertiary/aromatic N) is 1. The second-order valence-electron chi connectivity index (χ2n) is 5.35. The van der Waals surface area contributed by atoms with E-state index in [1.807, 2.05) is 36.4 Å². The standard InChI is InChI=1S/C19H18N4OS/c1-3-12-10-13(4-2)22-18(21-12)16-17(20)15(11-24)25-19(16)23-14-8-6-5-7-9-14/h3-12,23H,1-2,20H2,(H,21,22). The van der Waals surface area contributed by atoms with Crippen LogP contribution >= 0.6 is 11.3 Å². The molecule has 0 radical (unpaired) electrons. The Bertz CT molecular complexity index is 880. The first-order valence-electron chi connectivity index (χ1n) is 7.67. The molecule has 1 aliphatic heterocycles. The number of benzene rings is 1. The molecule has 1 unspecified atom stereocenters. The van der Waals surface area contributed by atoms with Crippen molar-refractivity contribution in [1.29, 1.82) is 0 Å². The molecule has 0 saturated heterocycles. The lowest BCUT2D eigenvalue weighted by Gasteiger charge is -2.20. The molecule has 1 aliphatic rings. The lowest BCUT2D eigenvalue weighted by Crippen LogP contribution is -2.30. The topological polar surface area (TPSA) is 79.5 Å². The lowest BCUT2D eigenvalue weighted by molar-refractivity contribution is 0.112. The van der Waals surface area contributed by atoms with Crippen LogP contribution < -0.4 is 16.4 Å². The Kier molecular flexibility index (Phi) is 4.81. The molecule has 6 heteroatoms. The van der Waals surface area contributed by atoms with Crippen LogP contribution in [-0.2, 0) is 0 Å². The quantitative estimate of drug-likeness (QED) is 0.546. The summed E-state index contributed by atoms with van der Waals surface area (Å²) in [5.74, 6) is 0.586. The normalized spacial score (nSPS) is 16.2. The van der Waals surface area contributed by atoms with Crippen LogP contribution in [0, 0.1) is 0 Å². The van der Waals surface area contributed by atoms with Crippen LogP contribution in [0.4, 0.5) is 16.4 Å². The van der Waals surface area contributed by atoms with Crippen molar-refractivity contribution in [2.45, 2.75) is 6.04 Å². The Morgan fingerprint density at radius 1 is 1.28 bits per heavy atom. The highest BCUT2D eigenvalue weighted by Crippen LogP contribution is 2.37. The molecule has 0 saturated carbocycles. The third-order valence-electron chi connectivity index (χ3n) is 3.70. The third kappa shape index (κ3) is 3.39. The minimum atomic E-state index is -0.187. The van der Waals surface area contributed by atoms with Gasteiger partial charge in [0.15, 0.2) is 6.29 Å². The smallest absolute Gasteiger partial charge is 0.162 e. The molecular formula is C19H18N4OS. The molecule has 0 amide bonds. The van der Waals surface area contributed by atoms with Crippen LogP contribution in [0.3, 0.4) is 0 Å². The molecule has 2 heterocycles. The Balaban J connectivity index is 2.07. The zero-order valence-electron chi connectivity index (χ0n) is 13.5. The van der Waals surface area contributed by atoms with Crippen LogP contribution in [0.1, 0.15) is 15.2 Å². The predicted octanol–water partition coefficient (Wildman–Crippen LogP) is 3.86. The summed E-state index contributed by atoms with van der Waals surface area (Å²) < 4.78 is 0. The first-order valence-corrected chi connectivity index (χ1v) is 8.49. The minimum Gasteiger partial charge on any atom is -0.397 e. The molecule has 126 valence electrons. The van der Waals surface area contributed by atoms with Gasteiger partial charge in [0.05, 0.1) is 22.2 Å². The molecule has 1 atom stereocenters. The highest BCUT2D eigenvalue weighted by Gasteiger charge is 2.23. The van der Waals surface area contributed by atoms with Crippen molar-refractivity contribution in [3.63, 3.8) is 0 Å². The SMILES string of the molecule is C=CC1=CC(C=C)N=C(c2c(Nc3ccccc3)sc(C=O)c2N)N1. The van der Waals surface area contributed by atoms with E-state index in [1.54, 1.807) is 12.2 Å². The van der Waals surface area contributed by atoms with E-state index in [4.69, 9.17) is 5.73 Å². The molecule has 1 aromatic heterocycles. The van der Waals surface area contributed by atoms with Crippen molar-refractivity contribution in [2.24, 2.45) is 4.99 Å². The summed E-state index contributed by atoms with van der Waals surface area (Å²) in [5.41, 5.74) is 9.02. The van der Waals surface area contributed by atoms with Gasteiger partial charge in [-0.1, -0.05) is 30.9 Å². The summed E-state index contributed by atoms with van der Waals surface area (Å²) in [6.45, 7) is 7.60. The molecule has 4 N–H and O–H groups in total. The molecule has 0 aliphatic carbocycles. The molecule has 25 heavy (non-hydrogen) atoms. The van der Waals surface area contributed by atoms with E-state index < -0.39 is 0 Å². The maximum atomic E-state index is 11.4. The summed E-state index contributed by atoms with van der Waals surface area (Å²) >= 11 is 1.30. The van der Waals surface area contributed by atoms with Crippen molar-refractivity contribution in [2.75, 3.05) is 11.1 Å². The molecule has 3 rings (SSSR count). The van der Waals surface area contributed by atoms with Gasteiger partial charge in [0, 0.05) is 11.4 Å². The van der Waals surface area contributed by atoms with Gasteiger partial charge in [0.2, 0.25) is 0 Å². The summed E-state index contributed by atoms with van der Waals surface area (Å²) in [5, 5.41) is 7.28. The fourth-order valence-electron chi connectivity index (χ4n) is 2.47. The zero-order chi connectivity index (χ0) is 17.8. The number of carbonyl (C=O) groups excluding carboxylic acids is 1. The number of anilines is 3. The number of nitrogens with two attached hydrogens (primary N) is 1.